The van der Waals surface area contributed by atoms with E-state index in [1.165, 1.54) is 7.05 Å². The molecule has 0 aromatic rings. The Morgan fingerprint density at radius 3 is 3.00 bits per heavy atom. The summed E-state index contributed by atoms with van der Waals surface area (Å²) in [5.74, 6) is -0.382. The van der Waals surface area contributed by atoms with Crippen LogP contribution in [0.4, 0.5) is 4.79 Å². The lowest BCUT2D eigenvalue weighted by Crippen LogP contribution is -2.53. The summed E-state index contributed by atoms with van der Waals surface area (Å²) >= 11 is 0. The fourth-order valence-corrected chi connectivity index (χ4v) is 2.43. The molecule has 0 bridgehead atoms. The Kier molecular flexibility index (Phi) is 2.57. The third-order valence-electron chi connectivity index (χ3n) is 3.30. The molecule has 2 atom stereocenters. The van der Waals surface area contributed by atoms with Crippen molar-refractivity contribution < 1.29 is 14.4 Å². The molecule has 2 unspecified atom stereocenters. The molecule has 1 heterocycles. The zero-order valence-electron chi connectivity index (χ0n) is 9.37. The smallest absolute Gasteiger partial charge is 0.321 e. The second-order valence-electron chi connectivity index (χ2n) is 4.19. The van der Waals surface area contributed by atoms with Gasteiger partial charge in [-0.3, -0.25) is 10.1 Å². The molecule has 0 saturated heterocycles. The van der Waals surface area contributed by atoms with E-state index in [4.69, 9.17) is 4.84 Å². The highest BCUT2D eigenvalue weighted by Crippen LogP contribution is 2.43. The first-order valence-corrected chi connectivity index (χ1v) is 5.36. The van der Waals surface area contributed by atoms with Crippen molar-refractivity contribution in [3.63, 3.8) is 0 Å². The predicted molar refractivity (Wildman–Crippen MR) is 56.9 cm³/mol. The third kappa shape index (κ3) is 1.45. The van der Waals surface area contributed by atoms with Crippen LogP contribution in [0.25, 0.3) is 0 Å². The lowest BCUT2D eigenvalue weighted by Gasteiger charge is -2.24. The van der Waals surface area contributed by atoms with E-state index < -0.39 is 17.5 Å². The average Bonchev–Trinajstić information content (AvgIpc) is 2.81. The number of hydrogen-bond acceptors (Lipinski definition) is 4. The molecule has 2 rings (SSSR count). The fourth-order valence-electron chi connectivity index (χ4n) is 2.43. The van der Waals surface area contributed by atoms with Crippen LogP contribution in [0.15, 0.2) is 5.16 Å². The minimum Gasteiger partial charge on any atom is -0.378 e. The first-order chi connectivity index (χ1) is 7.60. The van der Waals surface area contributed by atoms with Crippen molar-refractivity contribution in [1.29, 1.82) is 0 Å². The fraction of sp³-hybridized carbons (Fsp3) is 0.700. The third-order valence-corrected chi connectivity index (χ3v) is 3.30. The zero-order valence-corrected chi connectivity index (χ0v) is 9.37. The van der Waals surface area contributed by atoms with E-state index in [1.54, 1.807) is 0 Å². The Balaban J connectivity index is 2.14. The minimum atomic E-state index is -0.948. The van der Waals surface area contributed by atoms with Crippen LogP contribution in [0.1, 0.15) is 26.2 Å². The zero-order chi connectivity index (χ0) is 11.8. The normalized spacial score (nSPS) is 31.4. The summed E-state index contributed by atoms with van der Waals surface area (Å²) in [4.78, 5) is 28.4. The Morgan fingerprint density at radius 2 is 2.31 bits per heavy atom. The molecule has 1 saturated carbocycles. The number of amides is 3. The van der Waals surface area contributed by atoms with Crippen molar-refractivity contribution >= 4 is 17.6 Å². The summed E-state index contributed by atoms with van der Waals surface area (Å²) in [6.07, 6.45) is 2.41. The molecule has 2 aliphatic rings. The number of hydrogen-bond donors (Lipinski definition) is 2. The number of carbonyl (C=O) groups is 2. The molecule has 6 heteroatoms. The Bertz CT molecular complexity index is 366. The maximum atomic E-state index is 12.0. The van der Waals surface area contributed by atoms with E-state index in [-0.39, 0.29) is 5.92 Å². The molecule has 1 aliphatic carbocycles. The van der Waals surface area contributed by atoms with Crippen molar-refractivity contribution in [2.75, 3.05) is 7.05 Å². The number of oxime groups is 1. The van der Waals surface area contributed by atoms with Gasteiger partial charge in [0.2, 0.25) is 5.60 Å². The topological polar surface area (TPSA) is 79.8 Å². The van der Waals surface area contributed by atoms with Gasteiger partial charge >= 0.3 is 6.03 Å². The molecule has 1 aliphatic heterocycles. The number of rotatable bonds is 1. The number of nitrogens with one attached hydrogen (secondary N) is 2. The van der Waals surface area contributed by atoms with Gasteiger partial charge in [0.15, 0.2) is 0 Å². The van der Waals surface area contributed by atoms with E-state index >= 15 is 0 Å². The molecule has 3 amide bonds. The van der Waals surface area contributed by atoms with Crippen molar-refractivity contribution in [2.45, 2.75) is 31.8 Å². The molecular formula is C10H15N3O3. The van der Waals surface area contributed by atoms with Gasteiger partial charge in [-0.2, -0.15) is 0 Å². The van der Waals surface area contributed by atoms with Crippen molar-refractivity contribution in [3.8, 4) is 0 Å². The van der Waals surface area contributed by atoms with Crippen LogP contribution in [-0.2, 0) is 9.63 Å². The van der Waals surface area contributed by atoms with Gasteiger partial charge in [-0.05, 0) is 26.2 Å². The SMILES string of the molecule is CNC(=O)NC(=O)C12CCCC1C(C)=NO2. The summed E-state index contributed by atoms with van der Waals surface area (Å²) in [6, 6.07) is -0.516. The summed E-state index contributed by atoms with van der Waals surface area (Å²) in [7, 11) is 1.46. The molecule has 88 valence electrons. The standard InChI is InChI=1S/C10H15N3O3/c1-6-7-4-3-5-10(7,16-13-6)8(14)12-9(15)11-2/h7H,3-5H2,1-2H3,(H2,11,12,14,15). The van der Waals surface area contributed by atoms with Crippen molar-refractivity contribution in [2.24, 2.45) is 11.1 Å². The Labute approximate surface area is 93.4 Å². The van der Waals surface area contributed by atoms with E-state index in [0.29, 0.717) is 6.42 Å². The van der Waals surface area contributed by atoms with Crippen LogP contribution in [0.5, 0.6) is 0 Å². The van der Waals surface area contributed by atoms with Gasteiger partial charge in [0.1, 0.15) is 0 Å². The lowest BCUT2D eigenvalue weighted by molar-refractivity contribution is -0.144. The molecule has 1 fully saturated rings. The van der Waals surface area contributed by atoms with Gasteiger partial charge in [-0.15, -0.1) is 0 Å². The number of carbonyl (C=O) groups excluding carboxylic acids is 2. The second kappa shape index (κ2) is 3.77. The summed E-state index contributed by atoms with van der Waals surface area (Å²) in [6.45, 7) is 1.85. The summed E-state index contributed by atoms with van der Waals surface area (Å²) in [5, 5.41) is 8.48. The van der Waals surface area contributed by atoms with Crippen LogP contribution in [0, 0.1) is 5.92 Å². The molecule has 0 aromatic heterocycles. The molecule has 6 nitrogen and oxygen atoms in total. The van der Waals surface area contributed by atoms with Crippen molar-refractivity contribution in [3.05, 3.63) is 0 Å². The molecule has 16 heavy (non-hydrogen) atoms. The Hall–Kier alpha value is -1.59. The monoisotopic (exact) mass is 225 g/mol. The van der Waals surface area contributed by atoms with Gasteiger partial charge in [-0.25, -0.2) is 4.79 Å². The quantitative estimate of drug-likeness (QED) is 0.677. The Morgan fingerprint density at radius 1 is 1.56 bits per heavy atom. The summed E-state index contributed by atoms with van der Waals surface area (Å²) < 4.78 is 0. The maximum absolute atomic E-state index is 12.0. The van der Waals surface area contributed by atoms with Gasteiger partial charge in [0.05, 0.1) is 11.6 Å². The maximum Gasteiger partial charge on any atom is 0.321 e. The second-order valence-corrected chi connectivity index (χ2v) is 4.19. The largest absolute Gasteiger partial charge is 0.378 e. The van der Waals surface area contributed by atoms with Crippen LogP contribution in [-0.4, -0.2) is 30.3 Å². The van der Waals surface area contributed by atoms with Gasteiger partial charge in [-0.1, -0.05) is 5.16 Å². The highest BCUT2D eigenvalue weighted by molar-refractivity contribution is 6.03. The minimum absolute atomic E-state index is 0.0113. The van der Waals surface area contributed by atoms with Gasteiger partial charge in [0.25, 0.3) is 5.91 Å². The highest BCUT2D eigenvalue weighted by atomic mass is 16.7. The predicted octanol–water partition coefficient (Wildman–Crippen LogP) is 0.387. The van der Waals surface area contributed by atoms with Gasteiger partial charge in [0, 0.05) is 7.05 Å². The van der Waals surface area contributed by atoms with E-state index in [1.807, 2.05) is 6.92 Å². The number of imide groups is 1. The molecule has 2 N–H and O–H groups in total. The lowest BCUT2D eigenvalue weighted by atomic mass is 9.87. The number of fused-ring (bicyclic) bond motifs is 1. The average molecular weight is 225 g/mol. The summed E-state index contributed by atoms with van der Waals surface area (Å²) in [5.41, 5.74) is -0.110. The first kappa shape index (κ1) is 10.9. The van der Waals surface area contributed by atoms with Crippen LogP contribution >= 0.6 is 0 Å². The number of urea groups is 1. The highest BCUT2D eigenvalue weighted by Gasteiger charge is 2.56. The van der Waals surface area contributed by atoms with Crippen LogP contribution in [0.2, 0.25) is 0 Å². The van der Waals surface area contributed by atoms with E-state index in [9.17, 15) is 9.59 Å². The molecular weight excluding hydrogens is 210 g/mol. The molecule has 0 aromatic carbocycles. The van der Waals surface area contributed by atoms with Crippen LogP contribution in [0.3, 0.4) is 0 Å². The molecule has 0 spiro atoms. The van der Waals surface area contributed by atoms with Crippen molar-refractivity contribution in [1.82, 2.24) is 10.6 Å². The molecule has 0 radical (unpaired) electrons. The van der Waals surface area contributed by atoms with Gasteiger partial charge < -0.3 is 10.2 Å². The van der Waals surface area contributed by atoms with Crippen LogP contribution < -0.4 is 10.6 Å². The van der Waals surface area contributed by atoms with E-state index in [2.05, 4.69) is 15.8 Å². The number of nitrogens with zero attached hydrogens (tertiary/aromatic N) is 1. The first-order valence-electron chi connectivity index (χ1n) is 5.36. The van der Waals surface area contributed by atoms with E-state index in [0.717, 1.165) is 18.6 Å².